The second-order valence-electron chi connectivity index (χ2n) is 10.2. The molecule has 1 aliphatic rings. The van der Waals surface area contributed by atoms with Gasteiger partial charge >= 0.3 is 6.09 Å². The molecule has 10 heteroatoms. The quantitative estimate of drug-likeness (QED) is 0.552. The van der Waals surface area contributed by atoms with Crippen LogP contribution in [0.1, 0.15) is 36.7 Å². The first-order valence-electron chi connectivity index (χ1n) is 11.7. The molecule has 8 nitrogen and oxygen atoms in total. The van der Waals surface area contributed by atoms with E-state index in [1.807, 2.05) is 45.9 Å². The molecule has 0 spiro atoms. The first-order valence-corrected chi connectivity index (χ1v) is 11.7. The van der Waals surface area contributed by atoms with Crippen molar-refractivity contribution in [3.05, 3.63) is 53.1 Å². The molecule has 2 N–H and O–H groups in total. The van der Waals surface area contributed by atoms with Gasteiger partial charge in [0.15, 0.2) is 0 Å². The summed E-state index contributed by atoms with van der Waals surface area (Å²) < 4.78 is 38.2. The summed E-state index contributed by atoms with van der Waals surface area (Å²) in [5, 5.41) is 12.2. The van der Waals surface area contributed by atoms with Gasteiger partial charge in [-0.2, -0.15) is 0 Å². The lowest BCUT2D eigenvalue weighted by molar-refractivity contribution is -0.0863. The summed E-state index contributed by atoms with van der Waals surface area (Å²) in [4.78, 5) is 29.8. The Bertz CT molecular complexity index is 1310. The van der Waals surface area contributed by atoms with E-state index in [0.717, 1.165) is 17.7 Å². The Morgan fingerprint density at radius 2 is 1.86 bits per heavy atom. The van der Waals surface area contributed by atoms with Gasteiger partial charge in [-0.1, -0.05) is 26.8 Å². The van der Waals surface area contributed by atoms with Gasteiger partial charge in [0.1, 0.15) is 17.5 Å². The minimum atomic E-state index is -1.04. The number of fused-ring (bicyclic) bond motifs is 1. The molecule has 1 fully saturated rings. The average Bonchev–Trinajstić information content (AvgIpc) is 3.13. The molecule has 0 bridgehead atoms. The van der Waals surface area contributed by atoms with E-state index in [1.165, 1.54) is 11.9 Å². The minimum absolute atomic E-state index is 0.0393. The fraction of sp³-hybridized carbons (Fsp3) is 0.423. The standard InChI is InChI=1S/C26H30F2N4O4/c1-14-6-7-20-19(8-14)30-23(22-17(27)9-15(10-18(22)28)24(33)29-5)31(20)11-16-12-32(25(34)35)21(13-36-16)26(2,3)4/h6-10,16,21H,11-13H2,1-5H3,(H,29,33)(H,34,35). The van der Waals surface area contributed by atoms with Crippen LogP contribution in [0.2, 0.25) is 0 Å². The molecule has 2 heterocycles. The summed E-state index contributed by atoms with van der Waals surface area (Å²) in [6, 6.07) is 7.11. The molecular formula is C26H30F2N4O4. The van der Waals surface area contributed by atoms with E-state index in [0.29, 0.717) is 11.0 Å². The summed E-state index contributed by atoms with van der Waals surface area (Å²) in [5.74, 6) is -2.42. The normalized spacial score (nSPS) is 18.5. The molecule has 3 aromatic rings. The highest BCUT2D eigenvalue weighted by atomic mass is 19.1. The van der Waals surface area contributed by atoms with Crippen LogP contribution in [0.3, 0.4) is 0 Å². The summed E-state index contributed by atoms with van der Waals surface area (Å²) in [6.07, 6.45) is -1.61. The lowest BCUT2D eigenvalue weighted by atomic mass is 9.85. The number of imidazole rings is 1. The number of carbonyl (C=O) groups excluding carboxylic acids is 1. The van der Waals surface area contributed by atoms with Gasteiger partial charge in [-0.05, 0) is 42.2 Å². The third kappa shape index (κ3) is 4.77. The molecule has 1 saturated heterocycles. The van der Waals surface area contributed by atoms with E-state index >= 15 is 8.78 Å². The fourth-order valence-electron chi connectivity index (χ4n) is 4.64. The number of carbonyl (C=O) groups is 2. The monoisotopic (exact) mass is 500 g/mol. The Hall–Kier alpha value is -3.53. The maximum absolute atomic E-state index is 15.2. The third-order valence-corrected chi connectivity index (χ3v) is 6.56. The zero-order chi connectivity index (χ0) is 26.4. The van der Waals surface area contributed by atoms with Crippen molar-refractivity contribution in [1.29, 1.82) is 0 Å². The summed E-state index contributed by atoms with van der Waals surface area (Å²) in [6.45, 7) is 8.18. The second kappa shape index (κ2) is 9.50. The van der Waals surface area contributed by atoms with E-state index in [9.17, 15) is 14.7 Å². The SMILES string of the molecule is CNC(=O)c1cc(F)c(-c2nc3cc(C)ccc3n2CC2CN(C(=O)O)C(C(C)(C)C)CO2)c(F)c1. The number of aromatic nitrogens is 2. The van der Waals surface area contributed by atoms with E-state index in [4.69, 9.17) is 4.74 Å². The van der Waals surface area contributed by atoms with Gasteiger partial charge < -0.3 is 19.7 Å². The molecule has 2 amide bonds. The zero-order valence-corrected chi connectivity index (χ0v) is 20.9. The lowest BCUT2D eigenvalue weighted by Crippen LogP contribution is -2.57. The first kappa shape index (κ1) is 25.6. The van der Waals surface area contributed by atoms with Crippen LogP contribution in [0.25, 0.3) is 22.4 Å². The van der Waals surface area contributed by atoms with Gasteiger partial charge in [0.2, 0.25) is 0 Å². The van der Waals surface area contributed by atoms with E-state index in [2.05, 4.69) is 10.3 Å². The lowest BCUT2D eigenvalue weighted by Gasteiger charge is -2.44. The number of carboxylic acid groups (broad SMARTS) is 1. The van der Waals surface area contributed by atoms with Crippen LogP contribution in [0.4, 0.5) is 13.6 Å². The van der Waals surface area contributed by atoms with Crippen LogP contribution in [0.15, 0.2) is 30.3 Å². The number of hydrogen-bond acceptors (Lipinski definition) is 4. The van der Waals surface area contributed by atoms with Crippen molar-refractivity contribution in [1.82, 2.24) is 19.8 Å². The smallest absolute Gasteiger partial charge is 0.407 e. The van der Waals surface area contributed by atoms with Crippen molar-refractivity contribution in [3.8, 4) is 11.4 Å². The Kier molecular flexibility index (Phi) is 6.74. The van der Waals surface area contributed by atoms with Crippen LogP contribution in [-0.2, 0) is 11.3 Å². The van der Waals surface area contributed by atoms with E-state index in [-0.39, 0.29) is 48.1 Å². The van der Waals surface area contributed by atoms with Crippen molar-refractivity contribution in [2.24, 2.45) is 5.41 Å². The molecule has 1 aromatic heterocycles. The predicted octanol–water partition coefficient (Wildman–Crippen LogP) is 4.44. The first-order chi connectivity index (χ1) is 16.9. The molecule has 0 radical (unpaired) electrons. The largest absolute Gasteiger partial charge is 0.465 e. The Morgan fingerprint density at radius 3 is 2.44 bits per heavy atom. The van der Waals surface area contributed by atoms with Crippen molar-refractivity contribution in [2.45, 2.75) is 46.4 Å². The third-order valence-electron chi connectivity index (χ3n) is 6.56. The molecule has 4 rings (SSSR count). The molecule has 1 aliphatic heterocycles. The Labute approximate surface area is 207 Å². The minimum Gasteiger partial charge on any atom is -0.465 e. The number of morpholine rings is 1. The van der Waals surface area contributed by atoms with Crippen molar-refractivity contribution < 1.29 is 28.2 Å². The van der Waals surface area contributed by atoms with Gasteiger partial charge in [-0.15, -0.1) is 0 Å². The molecule has 36 heavy (non-hydrogen) atoms. The van der Waals surface area contributed by atoms with Crippen LogP contribution < -0.4 is 5.32 Å². The Morgan fingerprint density at radius 1 is 1.19 bits per heavy atom. The topological polar surface area (TPSA) is 96.7 Å². The highest BCUT2D eigenvalue weighted by molar-refractivity contribution is 5.94. The molecule has 2 aromatic carbocycles. The number of nitrogens with zero attached hydrogens (tertiary/aromatic N) is 3. The van der Waals surface area contributed by atoms with Gasteiger partial charge in [-0.3, -0.25) is 9.69 Å². The number of ether oxygens (including phenoxy) is 1. The van der Waals surface area contributed by atoms with Gasteiger partial charge in [0.25, 0.3) is 5.91 Å². The van der Waals surface area contributed by atoms with E-state index < -0.39 is 29.7 Å². The van der Waals surface area contributed by atoms with Crippen molar-refractivity contribution in [2.75, 3.05) is 20.2 Å². The van der Waals surface area contributed by atoms with Crippen molar-refractivity contribution >= 4 is 23.0 Å². The van der Waals surface area contributed by atoms with Crippen LogP contribution in [0, 0.1) is 24.0 Å². The number of halogens is 2. The molecule has 2 unspecified atom stereocenters. The van der Waals surface area contributed by atoms with Gasteiger partial charge in [0, 0.05) is 12.6 Å². The Balaban J connectivity index is 1.78. The average molecular weight is 501 g/mol. The molecule has 0 saturated carbocycles. The maximum Gasteiger partial charge on any atom is 0.407 e. The summed E-state index contributed by atoms with van der Waals surface area (Å²) in [7, 11) is 1.38. The van der Waals surface area contributed by atoms with E-state index in [1.54, 1.807) is 4.57 Å². The fourth-order valence-corrected chi connectivity index (χ4v) is 4.64. The molecular weight excluding hydrogens is 470 g/mol. The molecule has 0 aliphatic carbocycles. The number of rotatable bonds is 4. The predicted molar refractivity (Wildman–Crippen MR) is 131 cm³/mol. The maximum atomic E-state index is 15.2. The number of benzene rings is 2. The number of hydrogen-bond donors (Lipinski definition) is 2. The summed E-state index contributed by atoms with van der Waals surface area (Å²) in [5.41, 5.74) is 1.26. The zero-order valence-electron chi connectivity index (χ0n) is 20.9. The number of nitrogens with one attached hydrogen (secondary N) is 1. The highest BCUT2D eigenvalue weighted by Crippen LogP contribution is 2.33. The van der Waals surface area contributed by atoms with Gasteiger partial charge in [-0.25, -0.2) is 18.6 Å². The van der Waals surface area contributed by atoms with Crippen molar-refractivity contribution in [3.63, 3.8) is 0 Å². The number of aryl methyl sites for hydroxylation is 1. The highest BCUT2D eigenvalue weighted by Gasteiger charge is 2.39. The van der Waals surface area contributed by atoms with Crippen LogP contribution in [0.5, 0.6) is 0 Å². The molecule has 192 valence electrons. The summed E-state index contributed by atoms with van der Waals surface area (Å²) >= 11 is 0. The van der Waals surface area contributed by atoms with Crippen LogP contribution >= 0.6 is 0 Å². The molecule has 2 atom stereocenters. The second-order valence-corrected chi connectivity index (χ2v) is 10.2. The van der Waals surface area contributed by atoms with Gasteiger partial charge in [0.05, 0.1) is 48.4 Å². The number of amides is 2. The van der Waals surface area contributed by atoms with Crippen LogP contribution in [-0.4, -0.2) is 63.9 Å².